The van der Waals surface area contributed by atoms with Crippen LogP contribution in [-0.2, 0) is 14.6 Å². The van der Waals surface area contributed by atoms with Gasteiger partial charge in [-0.3, -0.25) is 0 Å². The molecule has 0 spiro atoms. The molecule has 1 saturated heterocycles. The minimum Gasteiger partial charge on any atom is -0.381 e. The zero-order valence-electron chi connectivity index (χ0n) is 10.5. The number of hydrogen-bond donors (Lipinski definition) is 1. The second kappa shape index (κ2) is 5.67. The standard InChI is InChI=1S/C12H23NO3S/c1-2-13-12(10-3-4-10)9-17(14,15)11-5-7-16-8-6-11/h10-13H,2-9H2,1H3. The third-order valence-corrected chi connectivity index (χ3v) is 6.06. The van der Waals surface area contributed by atoms with Crippen molar-refractivity contribution in [2.45, 2.75) is 43.9 Å². The Morgan fingerprint density at radius 2 is 1.88 bits per heavy atom. The average molecular weight is 261 g/mol. The third kappa shape index (κ3) is 3.66. The molecule has 0 aromatic rings. The van der Waals surface area contributed by atoms with Crippen molar-refractivity contribution in [1.82, 2.24) is 5.32 Å². The highest BCUT2D eigenvalue weighted by Gasteiger charge is 2.36. The lowest BCUT2D eigenvalue weighted by Gasteiger charge is -2.25. The van der Waals surface area contributed by atoms with Gasteiger partial charge in [-0.2, -0.15) is 0 Å². The molecule has 1 aliphatic carbocycles. The summed E-state index contributed by atoms with van der Waals surface area (Å²) in [7, 11) is -2.95. The molecule has 0 radical (unpaired) electrons. The van der Waals surface area contributed by atoms with Gasteiger partial charge in [0.15, 0.2) is 9.84 Å². The van der Waals surface area contributed by atoms with E-state index in [2.05, 4.69) is 5.32 Å². The largest absolute Gasteiger partial charge is 0.381 e. The molecule has 1 heterocycles. The van der Waals surface area contributed by atoms with Crippen LogP contribution in [0.2, 0.25) is 0 Å². The molecule has 2 rings (SSSR count). The molecule has 0 amide bonds. The van der Waals surface area contributed by atoms with Crippen LogP contribution in [-0.4, -0.2) is 45.2 Å². The maximum atomic E-state index is 12.3. The highest BCUT2D eigenvalue weighted by molar-refractivity contribution is 7.92. The average Bonchev–Trinajstić information content (AvgIpc) is 3.13. The molecule has 1 saturated carbocycles. The summed E-state index contributed by atoms with van der Waals surface area (Å²) in [4.78, 5) is 0. The Labute approximate surface area is 104 Å². The van der Waals surface area contributed by atoms with Gasteiger partial charge in [0.05, 0.1) is 11.0 Å². The lowest BCUT2D eigenvalue weighted by atomic mass is 10.2. The van der Waals surface area contributed by atoms with Gasteiger partial charge in [0, 0.05) is 19.3 Å². The van der Waals surface area contributed by atoms with E-state index in [0.29, 0.717) is 37.7 Å². The smallest absolute Gasteiger partial charge is 0.154 e. The van der Waals surface area contributed by atoms with Crippen molar-refractivity contribution in [3.8, 4) is 0 Å². The molecule has 2 fully saturated rings. The Balaban J connectivity index is 1.94. The first kappa shape index (κ1) is 13.3. The van der Waals surface area contributed by atoms with Crippen LogP contribution in [0.4, 0.5) is 0 Å². The van der Waals surface area contributed by atoms with Gasteiger partial charge in [-0.05, 0) is 38.1 Å². The van der Waals surface area contributed by atoms with E-state index in [0.717, 1.165) is 6.54 Å². The van der Waals surface area contributed by atoms with Crippen molar-refractivity contribution in [2.24, 2.45) is 5.92 Å². The van der Waals surface area contributed by atoms with Crippen LogP contribution in [0, 0.1) is 5.92 Å². The molecule has 0 bridgehead atoms. The second-order valence-corrected chi connectivity index (χ2v) is 7.47. The van der Waals surface area contributed by atoms with E-state index >= 15 is 0 Å². The molecule has 1 unspecified atom stereocenters. The van der Waals surface area contributed by atoms with Crippen LogP contribution in [0.1, 0.15) is 32.6 Å². The predicted molar refractivity (Wildman–Crippen MR) is 67.8 cm³/mol. The summed E-state index contributed by atoms with van der Waals surface area (Å²) in [5.74, 6) is 0.903. The van der Waals surface area contributed by atoms with E-state index in [1.807, 2.05) is 6.92 Å². The zero-order chi connectivity index (χ0) is 12.3. The van der Waals surface area contributed by atoms with Gasteiger partial charge in [0.1, 0.15) is 0 Å². The number of sulfone groups is 1. The second-order valence-electron chi connectivity index (χ2n) is 5.14. The van der Waals surface area contributed by atoms with Crippen molar-refractivity contribution < 1.29 is 13.2 Å². The van der Waals surface area contributed by atoms with Gasteiger partial charge in [-0.15, -0.1) is 0 Å². The fourth-order valence-electron chi connectivity index (χ4n) is 2.54. The molecule has 1 aliphatic heterocycles. The molecule has 0 aromatic carbocycles. The molecule has 4 nitrogen and oxygen atoms in total. The van der Waals surface area contributed by atoms with Crippen LogP contribution in [0.5, 0.6) is 0 Å². The van der Waals surface area contributed by atoms with Crippen molar-refractivity contribution in [1.29, 1.82) is 0 Å². The number of hydrogen-bond acceptors (Lipinski definition) is 4. The van der Waals surface area contributed by atoms with Crippen LogP contribution < -0.4 is 5.32 Å². The molecule has 0 aromatic heterocycles. The first-order chi connectivity index (χ1) is 8.13. The lowest BCUT2D eigenvalue weighted by molar-refractivity contribution is 0.0983. The van der Waals surface area contributed by atoms with Gasteiger partial charge in [0.25, 0.3) is 0 Å². The molecule has 1 N–H and O–H groups in total. The summed E-state index contributed by atoms with van der Waals surface area (Å²) in [5, 5.41) is 3.16. The third-order valence-electron chi connectivity index (χ3n) is 3.75. The molecule has 1 atom stereocenters. The van der Waals surface area contributed by atoms with Gasteiger partial charge in [0.2, 0.25) is 0 Å². The summed E-state index contributed by atoms with van der Waals surface area (Å²) < 4.78 is 29.8. The SMILES string of the molecule is CCNC(CS(=O)(=O)C1CCOCC1)C1CC1. The maximum absolute atomic E-state index is 12.3. The fourth-order valence-corrected chi connectivity index (χ4v) is 4.62. The van der Waals surface area contributed by atoms with Crippen LogP contribution in [0.3, 0.4) is 0 Å². The van der Waals surface area contributed by atoms with Gasteiger partial charge in [-0.25, -0.2) is 8.42 Å². The predicted octanol–water partition coefficient (Wildman–Crippen LogP) is 0.968. The minimum atomic E-state index is -2.95. The lowest BCUT2D eigenvalue weighted by Crippen LogP contribution is -2.41. The number of nitrogens with one attached hydrogen (secondary N) is 1. The Morgan fingerprint density at radius 3 is 2.41 bits per heavy atom. The molecule has 17 heavy (non-hydrogen) atoms. The fraction of sp³-hybridized carbons (Fsp3) is 1.00. The van der Waals surface area contributed by atoms with E-state index in [9.17, 15) is 8.42 Å². The van der Waals surface area contributed by atoms with Crippen LogP contribution in [0.15, 0.2) is 0 Å². The zero-order valence-corrected chi connectivity index (χ0v) is 11.3. The Kier molecular flexibility index (Phi) is 4.44. The summed E-state index contributed by atoms with van der Waals surface area (Å²) in [6, 6.07) is 0.174. The Hall–Kier alpha value is -0.130. The summed E-state index contributed by atoms with van der Waals surface area (Å²) in [6.45, 7) is 4.08. The van der Waals surface area contributed by atoms with Crippen molar-refractivity contribution in [2.75, 3.05) is 25.5 Å². The van der Waals surface area contributed by atoms with Crippen molar-refractivity contribution in [3.05, 3.63) is 0 Å². The van der Waals surface area contributed by atoms with Crippen LogP contribution >= 0.6 is 0 Å². The Bertz CT molecular complexity index is 332. The van der Waals surface area contributed by atoms with E-state index < -0.39 is 9.84 Å². The summed E-state index contributed by atoms with van der Waals surface area (Å²) in [5.41, 5.74) is 0. The van der Waals surface area contributed by atoms with Crippen molar-refractivity contribution in [3.63, 3.8) is 0 Å². The first-order valence-corrected chi connectivity index (χ1v) is 8.37. The van der Waals surface area contributed by atoms with Gasteiger partial charge < -0.3 is 10.1 Å². The van der Waals surface area contributed by atoms with Crippen LogP contribution in [0.25, 0.3) is 0 Å². The molecular formula is C12H23NO3S. The quantitative estimate of drug-likeness (QED) is 0.774. The van der Waals surface area contributed by atoms with E-state index in [1.165, 1.54) is 12.8 Å². The molecule has 5 heteroatoms. The molecular weight excluding hydrogens is 238 g/mol. The van der Waals surface area contributed by atoms with E-state index in [-0.39, 0.29) is 11.3 Å². The molecule has 2 aliphatic rings. The minimum absolute atomic E-state index is 0.170. The first-order valence-electron chi connectivity index (χ1n) is 6.66. The maximum Gasteiger partial charge on any atom is 0.154 e. The highest BCUT2D eigenvalue weighted by Crippen LogP contribution is 2.34. The Morgan fingerprint density at radius 1 is 1.24 bits per heavy atom. The highest BCUT2D eigenvalue weighted by atomic mass is 32.2. The number of rotatable bonds is 6. The van der Waals surface area contributed by atoms with Gasteiger partial charge >= 0.3 is 0 Å². The van der Waals surface area contributed by atoms with Crippen molar-refractivity contribution >= 4 is 9.84 Å². The topological polar surface area (TPSA) is 55.4 Å². The number of ether oxygens (including phenoxy) is 1. The summed E-state index contributed by atoms with van der Waals surface area (Å²) in [6.07, 6.45) is 3.71. The summed E-state index contributed by atoms with van der Waals surface area (Å²) >= 11 is 0. The van der Waals surface area contributed by atoms with E-state index in [4.69, 9.17) is 4.74 Å². The van der Waals surface area contributed by atoms with Gasteiger partial charge in [-0.1, -0.05) is 6.92 Å². The van der Waals surface area contributed by atoms with E-state index in [1.54, 1.807) is 0 Å². The normalized spacial score (nSPS) is 24.8. The monoisotopic (exact) mass is 261 g/mol. The molecule has 100 valence electrons.